The molecule has 2 fully saturated rings. The van der Waals surface area contributed by atoms with E-state index in [0.717, 1.165) is 17.8 Å². The SMILES string of the molecule is O=C(CCn1cnc2sccc2c1=O)NC1CCN2CCCCC12. The highest BCUT2D eigenvalue weighted by atomic mass is 32.1. The van der Waals surface area contributed by atoms with Crippen LogP contribution < -0.4 is 10.9 Å². The predicted molar refractivity (Wildman–Crippen MR) is 94.3 cm³/mol. The lowest BCUT2D eigenvalue weighted by molar-refractivity contribution is -0.122. The molecule has 24 heavy (non-hydrogen) atoms. The van der Waals surface area contributed by atoms with Gasteiger partial charge in [0.1, 0.15) is 4.83 Å². The molecule has 128 valence electrons. The van der Waals surface area contributed by atoms with Gasteiger partial charge in [0.2, 0.25) is 5.91 Å². The number of fused-ring (bicyclic) bond motifs is 2. The third-order valence-electron chi connectivity index (χ3n) is 5.23. The van der Waals surface area contributed by atoms with Crippen molar-refractivity contribution in [3.8, 4) is 0 Å². The second-order valence-corrected chi connectivity index (χ2v) is 7.59. The van der Waals surface area contributed by atoms with E-state index >= 15 is 0 Å². The number of hydrogen-bond acceptors (Lipinski definition) is 5. The third kappa shape index (κ3) is 2.98. The molecule has 0 spiro atoms. The van der Waals surface area contributed by atoms with Gasteiger partial charge in [-0.05, 0) is 37.3 Å². The minimum absolute atomic E-state index is 0.0322. The smallest absolute Gasteiger partial charge is 0.262 e. The maximum Gasteiger partial charge on any atom is 0.262 e. The average Bonchev–Trinajstić information content (AvgIpc) is 3.22. The van der Waals surface area contributed by atoms with Crippen molar-refractivity contribution in [3.63, 3.8) is 0 Å². The number of hydrogen-bond donors (Lipinski definition) is 1. The number of carbonyl (C=O) groups excluding carboxylic acids is 1. The summed E-state index contributed by atoms with van der Waals surface area (Å²) in [6, 6.07) is 2.57. The topological polar surface area (TPSA) is 67.2 Å². The molecule has 2 aromatic heterocycles. The van der Waals surface area contributed by atoms with Gasteiger partial charge < -0.3 is 5.32 Å². The van der Waals surface area contributed by atoms with E-state index in [9.17, 15) is 9.59 Å². The Hall–Kier alpha value is -1.73. The minimum atomic E-state index is -0.0617. The Kier molecular flexibility index (Phi) is 4.37. The average molecular weight is 346 g/mol. The Morgan fingerprint density at radius 1 is 1.33 bits per heavy atom. The lowest BCUT2D eigenvalue weighted by Crippen LogP contribution is -2.47. The van der Waals surface area contributed by atoms with Gasteiger partial charge in [0.25, 0.3) is 5.56 Å². The van der Waals surface area contributed by atoms with E-state index in [4.69, 9.17) is 0 Å². The monoisotopic (exact) mass is 346 g/mol. The van der Waals surface area contributed by atoms with Crippen LogP contribution >= 0.6 is 11.3 Å². The number of carbonyl (C=O) groups is 1. The number of piperidine rings is 1. The van der Waals surface area contributed by atoms with Crippen molar-refractivity contribution < 1.29 is 4.79 Å². The highest BCUT2D eigenvalue weighted by Gasteiger charge is 2.35. The quantitative estimate of drug-likeness (QED) is 0.913. The standard InChI is InChI=1S/C17H22N4O2S/c22-15(19-13-4-8-20-7-2-1-3-14(13)20)5-9-21-11-18-16-12(17(21)23)6-10-24-16/h6,10-11,13-14H,1-5,7-9H2,(H,19,22). The zero-order valence-electron chi connectivity index (χ0n) is 13.6. The number of amides is 1. The molecular formula is C17H22N4O2S. The van der Waals surface area contributed by atoms with E-state index in [-0.39, 0.29) is 17.5 Å². The summed E-state index contributed by atoms with van der Waals surface area (Å²) < 4.78 is 1.54. The van der Waals surface area contributed by atoms with Crippen molar-refractivity contribution in [2.75, 3.05) is 13.1 Å². The first-order valence-electron chi connectivity index (χ1n) is 8.68. The summed E-state index contributed by atoms with van der Waals surface area (Å²) in [4.78, 5) is 32.2. The zero-order valence-corrected chi connectivity index (χ0v) is 14.4. The maximum atomic E-state index is 12.3. The van der Waals surface area contributed by atoms with Gasteiger partial charge in [-0.2, -0.15) is 0 Å². The Bertz CT molecular complexity index is 799. The molecule has 0 bridgehead atoms. The minimum Gasteiger partial charge on any atom is -0.352 e. The Morgan fingerprint density at radius 3 is 3.17 bits per heavy atom. The van der Waals surface area contributed by atoms with Crippen molar-refractivity contribution in [3.05, 3.63) is 28.1 Å². The van der Waals surface area contributed by atoms with Crippen molar-refractivity contribution >= 4 is 27.5 Å². The summed E-state index contributed by atoms with van der Waals surface area (Å²) in [5.74, 6) is 0.0322. The van der Waals surface area contributed by atoms with E-state index in [0.29, 0.717) is 24.4 Å². The fraction of sp³-hybridized carbons (Fsp3) is 0.588. The highest BCUT2D eigenvalue weighted by Crippen LogP contribution is 2.27. The van der Waals surface area contributed by atoms with Crippen LogP contribution in [-0.4, -0.2) is 45.5 Å². The summed E-state index contributed by atoms with van der Waals surface area (Å²) in [5.41, 5.74) is -0.0617. The molecule has 2 saturated heterocycles. The molecule has 2 atom stereocenters. The van der Waals surface area contributed by atoms with Crippen LogP contribution in [0.1, 0.15) is 32.1 Å². The van der Waals surface area contributed by atoms with Crippen molar-refractivity contribution in [2.45, 2.75) is 50.7 Å². The molecule has 0 radical (unpaired) electrons. The van der Waals surface area contributed by atoms with Crippen LogP contribution in [0.15, 0.2) is 22.6 Å². The van der Waals surface area contributed by atoms with Gasteiger partial charge in [0, 0.05) is 31.6 Å². The molecule has 0 aromatic carbocycles. The van der Waals surface area contributed by atoms with E-state index in [1.807, 2.05) is 5.38 Å². The van der Waals surface area contributed by atoms with Gasteiger partial charge in [-0.3, -0.25) is 19.1 Å². The van der Waals surface area contributed by atoms with E-state index in [1.54, 1.807) is 12.4 Å². The summed E-state index contributed by atoms with van der Waals surface area (Å²) in [6.07, 6.45) is 6.63. The largest absolute Gasteiger partial charge is 0.352 e. The Morgan fingerprint density at radius 2 is 2.25 bits per heavy atom. The molecule has 2 unspecified atom stereocenters. The summed E-state index contributed by atoms with van der Waals surface area (Å²) in [5, 5.41) is 5.69. The molecule has 6 nitrogen and oxygen atoms in total. The first-order valence-corrected chi connectivity index (χ1v) is 9.56. The molecule has 2 aliphatic heterocycles. The van der Waals surface area contributed by atoms with Crippen LogP contribution in [0.25, 0.3) is 10.2 Å². The molecular weight excluding hydrogens is 324 g/mol. The third-order valence-corrected chi connectivity index (χ3v) is 6.05. The normalized spacial score (nSPS) is 24.2. The molecule has 2 aliphatic rings. The first kappa shape index (κ1) is 15.8. The summed E-state index contributed by atoms with van der Waals surface area (Å²) in [6.45, 7) is 2.64. The van der Waals surface area contributed by atoms with Gasteiger partial charge in [-0.15, -0.1) is 11.3 Å². The zero-order chi connectivity index (χ0) is 16.5. The molecule has 2 aromatic rings. The van der Waals surface area contributed by atoms with Gasteiger partial charge in [-0.25, -0.2) is 4.98 Å². The number of aryl methyl sites for hydroxylation is 1. The molecule has 1 amide bonds. The van der Waals surface area contributed by atoms with Crippen molar-refractivity contribution in [2.24, 2.45) is 0 Å². The van der Waals surface area contributed by atoms with Crippen LogP contribution in [0.2, 0.25) is 0 Å². The van der Waals surface area contributed by atoms with Crippen LogP contribution in [0.5, 0.6) is 0 Å². The van der Waals surface area contributed by atoms with E-state index in [2.05, 4.69) is 15.2 Å². The summed E-state index contributed by atoms with van der Waals surface area (Å²) in [7, 11) is 0. The molecule has 1 N–H and O–H groups in total. The van der Waals surface area contributed by atoms with Crippen LogP contribution in [0.3, 0.4) is 0 Å². The first-order chi connectivity index (χ1) is 11.7. The molecule has 4 heterocycles. The van der Waals surface area contributed by atoms with Crippen molar-refractivity contribution in [1.29, 1.82) is 0 Å². The number of rotatable bonds is 4. The number of nitrogens with one attached hydrogen (secondary N) is 1. The molecule has 4 rings (SSSR count). The van der Waals surface area contributed by atoms with Gasteiger partial charge in [-0.1, -0.05) is 6.42 Å². The lowest BCUT2D eigenvalue weighted by atomic mass is 9.99. The molecule has 0 aliphatic carbocycles. The second kappa shape index (κ2) is 6.64. The fourth-order valence-corrected chi connectivity index (χ4v) is 4.69. The summed E-state index contributed by atoms with van der Waals surface area (Å²) >= 11 is 1.46. The number of thiophene rings is 1. The lowest BCUT2D eigenvalue weighted by Gasteiger charge is -2.32. The second-order valence-electron chi connectivity index (χ2n) is 6.69. The van der Waals surface area contributed by atoms with Gasteiger partial charge in [0.15, 0.2) is 0 Å². The van der Waals surface area contributed by atoms with Crippen molar-refractivity contribution in [1.82, 2.24) is 19.8 Å². The van der Waals surface area contributed by atoms with Crippen LogP contribution in [-0.2, 0) is 11.3 Å². The van der Waals surface area contributed by atoms with Gasteiger partial charge >= 0.3 is 0 Å². The molecule has 0 saturated carbocycles. The highest BCUT2D eigenvalue weighted by molar-refractivity contribution is 7.16. The maximum absolute atomic E-state index is 12.3. The van der Waals surface area contributed by atoms with Crippen LogP contribution in [0.4, 0.5) is 0 Å². The Balaban J connectivity index is 1.36. The van der Waals surface area contributed by atoms with Gasteiger partial charge in [0.05, 0.1) is 11.7 Å². The van der Waals surface area contributed by atoms with E-state index < -0.39 is 0 Å². The Labute approximate surface area is 144 Å². The molecule has 7 heteroatoms. The van der Waals surface area contributed by atoms with E-state index in [1.165, 1.54) is 41.7 Å². The van der Waals surface area contributed by atoms with Crippen LogP contribution in [0, 0.1) is 0 Å². The number of aromatic nitrogens is 2. The predicted octanol–water partition coefficient (Wildman–Crippen LogP) is 1.59. The number of nitrogens with zero attached hydrogens (tertiary/aromatic N) is 3. The fourth-order valence-electron chi connectivity index (χ4n) is 3.97.